The topological polar surface area (TPSA) is 119 Å². The number of nitrogens with one attached hydrogen (secondary N) is 1. The molecule has 38 heavy (non-hydrogen) atoms. The lowest BCUT2D eigenvalue weighted by atomic mass is 10.1. The fraction of sp³-hybridized carbons (Fsp3) is 0.179. The van der Waals surface area contributed by atoms with Gasteiger partial charge in [-0.1, -0.05) is 43.2 Å². The van der Waals surface area contributed by atoms with Gasteiger partial charge in [-0.2, -0.15) is 8.42 Å². The van der Waals surface area contributed by atoms with Crippen molar-refractivity contribution in [1.82, 2.24) is 5.32 Å². The van der Waals surface area contributed by atoms with Crippen LogP contribution in [-0.2, 0) is 19.7 Å². The van der Waals surface area contributed by atoms with Crippen molar-refractivity contribution in [2.45, 2.75) is 31.6 Å². The van der Waals surface area contributed by atoms with Crippen LogP contribution in [0.2, 0.25) is 0 Å². The molecule has 3 aromatic carbocycles. The molecule has 1 saturated heterocycles. The number of carbonyl (C=O) groups excluding carboxylic acids is 3. The lowest BCUT2D eigenvalue weighted by molar-refractivity contribution is -0.122. The first-order chi connectivity index (χ1) is 18.2. The van der Waals surface area contributed by atoms with Crippen LogP contribution in [0.1, 0.15) is 30.9 Å². The highest BCUT2D eigenvalue weighted by Gasteiger charge is 2.36. The Kier molecular flexibility index (Phi) is 7.92. The number of anilines is 1. The minimum Gasteiger partial charge on any atom is -0.494 e. The second kappa shape index (κ2) is 11.3. The maximum atomic E-state index is 13.1. The number of urea groups is 1. The first-order valence-electron chi connectivity index (χ1n) is 11.9. The second-order valence-corrected chi connectivity index (χ2v) is 10.1. The van der Waals surface area contributed by atoms with E-state index >= 15 is 0 Å². The van der Waals surface area contributed by atoms with Gasteiger partial charge in [0, 0.05) is 0 Å². The molecular formula is C28H26N2O7S. The highest BCUT2D eigenvalue weighted by atomic mass is 32.2. The predicted molar refractivity (Wildman–Crippen MR) is 141 cm³/mol. The Balaban J connectivity index is 1.51. The van der Waals surface area contributed by atoms with Gasteiger partial charge in [0.2, 0.25) is 0 Å². The van der Waals surface area contributed by atoms with Crippen LogP contribution in [0.4, 0.5) is 10.5 Å². The number of rotatable bonds is 9. The number of imide groups is 2. The number of benzene rings is 3. The number of barbiturate groups is 1. The SMILES string of the molecule is CCCCOc1ccc(N2C(=O)NC(=O)/C(=C/c3ccc(OS(=O)(=O)c4ccc(C)cc4)cc3)C2=O)cc1. The lowest BCUT2D eigenvalue weighted by Gasteiger charge is -2.26. The van der Waals surface area contributed by atoms with Crippen molar-refractivity contribution in [3.63, 3.8) is 0 Å². The molecule has 0 bridgehead atoms. The fourth-order valence-corrected chi connectivity index (χ4v) is 4.51. The largest absolute Gasteiger partial charge is 0.494 e. The van der Waals surface area contributed by atoms with E-state index in [0.29, 0.717) is 17.9 Å². The minimum absolute atomic E-state index is 0.0177. The number of unbranched alkanes of at least 4 members (excludes halogenated alkanes) is 1. The number of nitrogens with zero attached hydrogens (tertiary/aromatic N) is 1. The van der Waals surface area contributed by atoms with E-state index in [2.05, 4.69) is 12.2 Å². The third-order valence-electron chi connectivity index (χ3n) is 5.67. The molecule has 0 saturated carbocycles. The normalized spacial score (nSPS) is 14.9. The van der Waals surface area contributed by atoms with Crippen molar-refractivity contribution in [3.05, 3.63) is 89.5 Å². The molecule has 0 unspecified atom stereocenters. The summed E-state index contributed by atoms with van der Waals surface area (Å²) < 4.78 is 35.8. The Hall–Kier alpha value is -4.44. The van der Waals surface area contributed by atoms with E-state index in [1.807, 2.05) is 6.92 Å². The van der Waals surface area contributed by atoms with Crippen LogP contribution < -0.4 is 19.1 Å². The minimum atomic E-state index is -4.03. The molecule has 196 valence electrons. The summed E-state index contributed by atoms with van der Waals surface area (Å²) in [4.78, 5) is 38.9. The first-order valence-corrected chi connectivity index (χ1v) is 13.3. The summed E-state index contributed by atoms with van der Waals surface area (Å²) in [6, 6.07) is 17.6. The maximum absolute atomic E-state index is 13.1. The molecule has 3 aromatic rings. The van der Waals surface area contributed by atoms with E-state index in [1.165, 1.54) is 42.5 Å². The van der Waals surface area contributed by atoms with E-state index < -0.39 is 28.0 Å². The van der Waals surface area contributed by atoms with Crippen molar-refractivity contribution >= 4 is 39.7 Å². The highest BCUT2D eigenvalue weighted by molar-refractivity contribution is 7.87. The van der Waals surface area contributed by atoms with Crippen molar-refractivity contribution in [2.75, 3.05) is 11.5 Å². The third kappa shape index (κ3) is 6.09. The van der Waals surface area contributed by atoms with Gasteiger partial charge in [-0.05, 0) is 73.5 Å². The summed E-state index contributed by atoms with van der Waals surface area (Å²) in [5.41, 5.74) is 1.36. The molecule has 1 N–H and O–H groups in total. The first kappa shape index (κ1) is 26.6. The average Bonchev–Trinajstić information content (AvgIpc) is 2.88. The molecule has 0 atom stereocenters. The van der Waals surface area contributed by atoms with Gasteiger partial charge < -0.3 is 8.92 Å². The summed E-state index contributed by atoms with van der Waals surface area (Å²) in [6.07, 6.45) is 3.21. The molecular weight excluding hydrogens is 508 g/mol. The predicted octanol–water partition coefficient (Wildman–Crippen LogP) is 4.61. The maximum Gasteiger partial charge on any atom is 0.339 e. The van der Waals surface area contributed by atoms with Crippen LogP contribution in [0.25, 0.3) is 6.08 Å². The van der Waals surface area contributed by atoms with Gasteiger partial charge in [0.25, 0.3) is 11.8 Å². The zero-order valence-electron chi connectivity index (χ0n) is 20.8. The van der Waals surface area contributed by atoms with E-state index in [-0.39, 0.29) is 21.9 Å². The van der Waals surface area contributed by atoms with E-state index in [0.717, 1.165) is 23.3 Å². The zero-order chi connectivity index (χ0) is 27.3. The quantitative estimate of drug-likeness (QED) is 0.184. The summed E-state index contributed by atoms with van der Waals surface area (Å²) >= 11 is 0. The van der Waals surface area contributed by atoms with E-state index in [4.69, 9.17) is 8.92 Å². The Bertz CT molecular complexity index is 1480. The van der Waals surface area contributed by atoms with E-state index in [9.17, 15) is 22.8 Å². The molecule has 1 heterocycles. The van der Waals surface area contributed by atoms with Gasteiger partial charge in [0.05, 0.1) is 12.3 Å². The molecule has 9 nitrogen and oxygen atoms in total. The zero-order valence-corrected chi connectivity index (χ0v) is 21.7. The van der Waals surface area contributed by atoms with Crippen LogP contribution in [0.3, 0.4) is 0 Å². The molecule has 0 aromatic heterocycles. The van der Waals surface area contributed by atoms with Crippen LogP contribution in [0, 0.1) is 6.92 Å². The van der Waals surface area contributed by atoms with Gasteiger partial charge in [0.1, 0.15) is 22.0 Å². The standard InChI is InChI=1S/C28H26N2O7S/c1-3-4-17-36-22-13-9-21(10-14-22)30-27(32)25(26(31)29-28(30)33)18-20-7-11-23(12-8-20)37-38(34,35)24-15-5-19(2)6-16-24/h5-16,18H,3-4,17H2,1-2H3,(H,29,31,33)/b25-18-. The molecule has 0 spiro atoms. The molecule has 1 aliphatic heterocycles. The summed E-state index contributed by atoms with van der Waals surface area (Å²) in [6.45, 7) is 4.46. The van der Waals surface area contributed by atoms with E-state index in [1.54, 1.807) is 36.4 Å². The summed E-state index contributed by atoms with van der Waals surface area (Å²) in [7, 11) is -4.03. The number of amides is 4. The Morgan fingerprint density at radius 1 is 0.868 bits per heavy atom. The average molecular weight is 535 g/mol. The molecule has 0 aliphatic carbocycles. The molecule has 4 rings (SSSR count). The number of hydrogen-bond donors (Lipinski definition) is 1. The van der Waals surface area contributed by atoms with Gasteiger partial charge in [-0.15, -0.1) is 0 Å². The number of carbonyl (C=O) groups is 3. The van der Waals surface area contributed by atoms with Crippen LogP contribution in [0.5, 0.6) is 11.5 Å². The summed E-state index contributed by atoms with van der Waals surface area (Å²) in [5, 5.41) is 2.17. The Morgan fingerprint density at radius 3 is 2.13 bits per heavy atom. The number of aryl methyl sites for hydroxylation is 1. The lowest BCUT2D eigenvalue weighted by Crippen LogP contribution is -2.54. The van der Waals surface area contributed by atoms with Crippen molar-refractivity contribution < 1.29 is 31.7 Å². The Labute approximate surface area is 220 Å². The second-order valence-electron chi connectivity index (χ2n) is 8.57. The van der Waals surface area contributed by atoms with Crippen molar-refractivity contribution in [3.8, 4) is 11.5 Å². The van der Waals surface area contributed by atoms with Crippen molar-refractivity contribution in [1.29, 1.82) is 0 Å². The molecule has 0 radical (unpaired) electrons. The molecule has 4 amide bonds. The van der Waals surface area contributed by atoms with Gasteiger partial charge in [-0.3, -0.25) is 14.9 Å². The monoisotopic (exact) mass is 534 g/mol. The van der Waals surface area contributed by atoms with Crippen LogP contribution in [0.15, 0.2) is 83.3 Å². The fourth-order valence-electron chi connectivity index (χ4n) is 3.58. The molecule has 1 aliphatic rings. The number of ether oxygens (including phenoxy) is 1. The van der Waals surface area contributed by atoms with Crippen molar-refractivity contribution in [2.24, 2.45) is 0 Å². The Morgan fingerprint density at radius 2 is 1.50 bits per heavy atom. The van der Waals surface area contributed by atoms with Gasteiger partial charge >= 0.3 is 16.1 Å². The highest BCUT2D eigenvalue weighted by Crippen LogP contribution is 2.25. The van der Waals surface area contributed by atoms with Gasteiger partial charge in [-0.25, -0.2) is 9.69 Å². The molecule has 1 fully saturated rings. The third-order valence-corrected chi connectivity index (χ3v) is 6.93. The van der Waals surface area contributed by atoms with Crippen LogP contribution in [-0.4, -0.2) is 32.9 Å². The number of hydrogen-bond acceptors (Lipinski definition) is 7. The summed E-state index contributed by atoms with van der Waals surface area (Å²) in [5.74, 6) is -0.963. The smallest absolute Gasteiger partial charge is 0.339 e. The van der Waals surface area contributed by atoms with Crippen LogP contribution >= 0.6 is 0 Å². The van der Waals surface area contributed by atoms with Gasteiger partial charge in [0.15, 0.2) is 0 Å². The molecule has 10 heteroatoms.